The van der Waals surface area contributed by atoms with Crippen LogP contribution in [0, 0.1) is 0 Å². The number of hydrogen-bond acceptors (Lipinski definition) is 7. The number of thioether (sulfide) groups is 1. The molecule has 0 saturated carbocycles. The van der Waals surface area contributed by atoms with Crippen molar-refractivity contribution < 1.29 is 5.11 Å². The molecule has 0 saturated heterocycles. The zero-order chi connectivity index (χ0) is 13.7. The SMILES string of the molecule is CSC(CO)C(C)Nc1nnc(-c2ccccn2)s1. The quantitative estimate of drug-likeness (QED) is 0.851. The number of nitrogens with one attached hydrogen (secondary N) is 1. The summed E-state index contributed by atoms with van der Waals surface area (Å²) in [6.45, 7) is 2.17. The van der Waals surface area contributed by atoms with Gasteiger partial charge in [0, 0.05) is 17.5 Å². The molecular formula is C12H16N4OS2. The molecule has 2 unspecified atom stereocenters. The van der Waals surface area contributed by atoms with Gasteiger partial charge in [-0.2, -0.15) is 11.8 Å². The molecule has 0 bridgehead atoms. The van der Waals surface area contributed by atoms with Crippen molar-refractivity contribution in [3.05, 3.63) is 24.4 Å². The second-order valence-corrected chi connectivity index (χ2v) is 6.07. The van der Waals surface area contributed by atoms with Gasteiger partial charge >= 0.3 is 0 Å². The number of aliphatic hydroxyl groups is 1. The number of hydrogen-bond donors (Lipinski definition) is 2. The maximum atomic E-state index is 9.25. The highest BCUT2D eigenvalue weighted by molar-refractivity contribution is 7.99. The molecule has 102 valence electrons. The molecule has 0 aliphatic carbocycles. The lowest BCUT2D eigenvalue weighted by atomic mass is 10.2. The smallest absolute Gasteiger partial charge is 0.206 e. The molecule has 0 aliphatic heterocycles. The fourth-order valence-corrected chi connectivity index (χ4v) is 3.04. The van der Waals surface area contributed by atoms with E-state index in [0.717, 1.165) is 15.8 Å². The van der Waals surface area contributed by atoms with Gasteiger partial charge in [0.2, 0.25) is 5.13 Å². The van der Waals surface area contributed by atoms with E-state index >= 15 is 0 Å². The van der Waals surface area contributed by atoms with Gasteiger partial charge in [-0.25, -0.2) is 0 Å². The molecule has 2 atom stereocenters. The average Bonchev–Trinajstić information content (AvgIpc) is 2.89. The van der Waals surface area contributed by atoms with Gasteiger partial charge in [-0.1, -0.05) is 17.4 Å². The van der Waals surface area contributed by atoms with Crippen LogP contribution in [0.2, 0.25) is 0 Å². The summed E-state index contributed by atoms with van der Waals surface area (Å²) >= 11 is 3.10. The third-order valence-electron chi connectivity index (χ3n) is 2.70. The zero-order valence-electron chi connectivity index (χ0n) is 10.8. The lowest BCUT2D eigenvalue weighted by Gasteiger charge is -2.20. The van der Waals surface area contributed by atoms with Crippen LogP contribution in [-0.2, 0) is 0 Å². The van der Waals surface area contributed by atoms with Crippen LogP contribution in [0.4, 0.5) is 5.13 Å². The average molecular weight is 296 g/mol. The summed E-state index contributed by atoms with van der Waals surface area (Å²) < 4.78 is 0. The summed E-state index contributed by atoms with van der Waals surface area (Å²) in [5, 5.41) is 22.4. The van der Waals surface area contributed by atoms with Gasteiger partial charge in [0.05, 0.1) is 6.61 Å². The van der Waals surface area contributed by atoms with Crippen LogP contribution in [0.5, 0.6) is 0 Å². The molecule has 2 N–H and O–H groups in total. The molecule has 2 aromatic rings. The Labute approximate surface area is 120 Å². The molecule has 0 amide bonds. The monoisotopic (exact) mass is 296 g/mol. The fraction of sp³-hybridized carbons (Fsp3) is 0.417. The Morgan fingerprint density at radius 3 is 2.89 bits per heavy atom. The first-order valence-electron chi connectivity index (χ1n) is 5.89. The number of anilines is 1. The van der Waals surface area contributed by atoms with Gasteiger partial charge < -0.3 is 10.4 Å². The van der Waals surface area contributed by atoms with E-state index in [1.54, 1.807) is 18.0 Å². The number of rotatable bonds is 6. The van der Waals surface area contributed by atoms with E-state index in [4.69, 9.17) is 0 Å². The highest BCUT2D eigenvalue weighted by Gasteiger charge is 2.17. The van der Waals surface area contributed by atoms with E-state index in [2.05, 4.69) is 20.5 Å². The van der Waals surface area contributed by atoms with Crippen LogP contribution >= 0.6 is 23.1 Å². The maximum absolute atomic E-state index is 9.25. The molecule has 7 heteroatoms. The lowest BCUT2D eigenvalue weighted by molar-refractivity contribution is 0.288. The number of pyridine rings is 1. The van der Waals surface area contributed by atoms with Gasteiger partial charge in [-0.05, 0) is 25.3 Å². The van der Waals surface area contributed by atoms with Crippen LogP contribution in [0.3, 0.4) is 0 Å². The summed E-state index contributed by atoms with van der Waals surface area (Å²) in [6, 6.07) is 5.83. The van der Waals surface area contributed by atoms with Crippen molar-refractivity contribution in [2.75, 3.05) is 18.2 Å². The topological polar surface area (TPSA) is 70.9 Å². The molecule has 2 rings (SSSR count). The van der Waals surface area contributed by atoms with Crippen molar-refractivity contribution >= 4 is 28.2 Å². The van der Waals surface area contributed by atoms with Crippen LogP contribution in [0.25, 0.3) is 10.7 Å². The van der Waals surface area contributed by atoms with E-state index in [1.165, 1.54) is 11.3 Å². The van der Waals surface area contributed by atoms with Gasteiger partial charge in [0.1, 0.15) is 5.69 Å². The minimum absolute atomic E-state index is 0.129. The van der Waals surface area contributed by atoms with Crippen LogP contribution in [0.1, 0.15) is 6.92 Å². The molecule has 0 spiro atoms. The summed E-state index contributed by atoms with van der Waals surface area (Å²) in [6.07, 6.45) is 3.72. The van der Waals surface area contributed by atoms with Crippen LogP contribution < -0.4 is 5.32 Å². The fourth-order valence-electron chi connectivity index (χ4n) is 1.60. The van der Waals surface area contributed by atoms with Gasteiger partial charge in [0.15, 0.2) is 5.01 Å². The van der Waals surface area contributed by atoms with Crippen molar-refractivity contribution in [3.63, 3.8) is 0 Å². The van der Waals surface area contributed by atoms with Gasteiger partial charge in [-0.3, -0.25) is 4.98 Å². The number of aromatic nitrogens is 3. The summed E-state index contributed by atoms with van der Waals surface area (Å²) in [7, 11) is 0. The Kier molecular flexibility index (Phi) is 5.12. The molecule has 0 radical (unpaired) electrons. The molecule has 5 nitrogen and oxygen atoms in total. The van der Waals surface area contributed by atoms with Crippen molar-refractivity contribution in [1.29, 1.82) is 0 Å². The minimum Gasteiger partial charge on any atom is -0.395 e. The van der Waals surface area contributed by atoms with E-state index in [0.29, 0.717) is 0 Å². The van der Waals surface area contributed by atoms with Gasteiger partial charge in [-0.15, -0.1) is 10.2 Å². The molecule has 0 fully saturated rings. The zero-order valence-corrected chi connectivity index (χ0v) is 12.4. The van der Waals surface area contributed by atoms with Gasteiger partial charge in [0.25, 0.3) is 0 Å². The number of nitrogens with zero attached hydrogens (tertiary/aromatic N) is 3. The number of aliphatic hydroxyl groups excluding tert-OH is 1. The minimum atomic E-state index is 0.129. The van der Waals surface area contributed by atoms with E-state index in [-0.39, 0.29) is 17.9 Å². The second-order valence-electron chi connectivity index (χ2n) is 4.02. The molecule has 2 aromatic heterocycles. The predicted octanol–water partition coefficient (Wildman–Crippen LogP) is 2.12. The maximum Gasteiger partial charge on any atom is 0.206 e. The Hall–Kier alpha value is -1.18. The summed E-state index contributed by atoms with van der Waals surface area (Å²) in [4.78, 5) is 4.24. The Bertz CT molecular complexity index is 501. The Morgan fingerprint density at radius 2 is 2.26 bits per heavy atom. The van der Waals surface area contributed by atoms with Crippen molar-refractivity contribution in [2.45, 2.75) is 18.2 Å². The first-order valence-corrected chi connectivity index (χ1v) is 8.00. The summed E-state index contributed by atoms with van der Waals surface area (Å²) in [5.74, 6) is 0. The van der Waals surface area contributed by atoms with Crippen LogP contribution in [0.15, 0.2) is 24.4 Å². The van der Waals surface area contributed by atoms with Crippen molar-refractivity contribution in [2.24, 2.45) is 0 Å². The third-order valence-corrected chi connectivity index (χ3v) is 4.74. The van der Waals surface area contributed by atoms with Crippen molar-refractivity contribution in [1.82, 2.24) is 15.2 Å². The van der Waals surface area contributed by atoms with Crippen LogP contribution in [-0.4, -0.2) is 44.4 Å². The molecular weight excluding hydrogens is 280 g/mol. The van der Waals surface area contributed by atoms with E-state index in [1.807, 2.05) is 31.4 Å². The second kappa shape index (κ2) is 6.83. The highest BCUT2D eigenvalue weighted by Crippen LogP contribution is 2.25. The van der Waals surface area contributed by atoms with Crippen molar-refractivity contribution in [3.8, 4) is 10.7 Å². The first kappa shape index (κ1) is 14.2. The normalized spacial score (nSPS) is 14.1. The molecule has 19 heavy (non-hydrogen) atoms. The lowest BCUT2D eigenvalue weighted by Crippen LogP contribution is -2.30. The Balaban J connectivity index is 2.06. The Morgan fingerprint density at radius 1 is 1.42 bits per heavy atom. The third kappa shape index (κ3) is 3.65. The molecule has 0 aliphatic rings. The molecule has 2 heterocycles. The van der Waals surface area contributed by atoms with E-state index < -0.39 is 0 Å². The first-order chi connectivity index (χ1) is 9.24. The molecule has 0 aromatic carbocycles. The highest BCUT2D eigenvalue weighted by atomic mass is 32.2. The standard InChI is InChI=1S/C12H16N4OS2/c1-8(10(7-17)18-2)14-12-16-15-11(19-12)9-5-3-4-6-13-9/h3-6,8,10,17H,7H2,1-2H3,(H,14,16). The van der Waals surface area contributed by atoms with E-state index in [9.17, 15) is 5.11 Å². The largest absolute Gasteiger partial charge is 0.395 e. The summed E-state index contributed by atoms with van der Waals surface area (Å²) in [5.41, 5.74) is 0.823. The predicted molar refractivity (Wildman–Crippen MR) is 80.6 cm³/mol.